The van der Waals surface area contributed by atoms with Crippen LogP contribution in [0.5, 0.6) is 0 Å². The highest BCUT2D eigenvalue weighted by Crippen LogP contribution is 2.19. The average Bonchev–Trinajstić information content (AvgIpc) is 3.04. The van der Waals surface area contributed by atoms with E-state index in [1.807, 2.05) is 35.2 Å². The molecule has 0 saturated heterocycles. The molecule has 0 atom stereocenters. The van der Waals surface area contributed by atoms with Gasteiger partial charge in [0.25, 0.3) is 0 Å². The van der Waals surface area contributed by atoms with Crippen molar-refractivity contribution in [2.45, 2.75) is 32.2 Å². The number of aryl methyl sites for hydroxylation is 1. The van der Waals surface area contributed by atoms with E-state index in [9.17, 15) is 4.79 Å². The van der Waals surface area contributed by atoms with E-state index in [0.29, 0.717) is 6.42 Å². The molecule has 2 heterocycles. The minimum atomic E-state index is 0.251. The molecule has 0 bridgehead atoms. The summed E-state index contributed by atoms with van der Waals surface area (Å²) in [5.41, 5.74) is 4.72. The second-order valence-electron chi connectivity index (χ2n) is 6.39. The lowest BCUT2D eigenvalue weighted by Gasteiger charge is -2.29. The quantitative estimate of drug-likeness (QED) is 0.800. The van der Waals surface area contributed by atoms with Crippen LogP contribution >= 0.6 is 0 Å². The number of H-pyrrole nitrogens is 1. The zero-order valence-electron chi connectivity index (χ0n) is 13.7. The van der Waals surface area contributed by atoms with Crippen molar-refractivity contribution < 1.29 is 4.79 Å². The van der Waals surface area contributed by atoms with Gasteiger partial charge in [-0.25, -0.2) is 4.98 Å². The summed E-state index contributed by atoms with van der Waals surface area (Å²) in [5, 5.41) is 0. The van der Waals surface area contributed by atoms with Crippen LogP contribution in [0.2, 0.25) is 0 Å². The molecule has 1 amide bonds. The lowest BCUT2D eigenvalue weighted by molar-refractivity contribution is -0.132. The summed E-state index contributed by atoms with van der Waals surface area (Å²) >= 11 is 0. The molecule has 0 saturated carbocycles. The summed E-state index contributed by atoms with van der Waals surface area (Å²) in [6.07, 6.45) is 3.19. The standard InChI is InChI=1S/C20H21N3O/c24-20(23-13-12-15-6-1-2-7-16(15)14-23)11-5-10-19-21-17-8-3-4-9-18(17)22-19/h1-4,6-9H,5,10-14H2,(H,21,22). The molecular formula is C20H21N3O. The molecule has 0 fully saturated rings. The van der Waals surface area contributed by atoms with Gasteiger partial charge in [0.15, 0.2) is 0 Å². The number of hydrogen-bond donors (Lipinski definition) is 1. The Balaban J connectivity index is 1.32. The normalized spacial score (nSPS) is 13.9. The van der Waals surface area contributed by atoms with Crippen LogP contribution in [0.25, 0.3) is 11.0 Å². The molecule has 1 aromatic heterocycles. The molecule has 1 N–H and O–H groups in total. The number of nitrogens with one attached hydrogen (secondary N) is 1. The van der Waals surface area contributed by atoms with Crippen LogP contribution in [-0.2, 0) is 24.2 Å². The number of carbonyl (C=O) groups excluding carboxylic acids is 1. The van der Waals surface area contributed by atoms with Gasteiger partial charge in [0.2, 0.25) is 5.91 Å². The first-order chi connectivity index (χ1) is 11.8. The molecule has 1 aliphatic rings. The SMILES string of the molecule is O=C(CCCc1nc2ccccc2[nH]1)N1CCc2ccccc2C1. The third-order valence-electron chi connectivity index (χ3n) is 4.73. The molecule has 0 spiro atoms. The minimum absolute atomic E-state index is 0.251. The molecule has 122 valence electrons. The van der Waals surface area contributed by atoms with E-state index in [0.717, 1.165) is 49.2 Å². The van der Waals surface area contributed by atoms with E-state index in [4.69, 9.17) is 0 Å². The molecule has 4 rings (SSSR count). The van der Waals surface area contributed by atoms with Crippen molar-refractivity contribution in [3.05, 3.63) is 65.5 Å². The van der Waals surface area contributed by atoms with Gasteiger partial charge in [0, 0.05) is 25.9 Å². The highest BCUT2D eigenvalue weighted by molar-refractivity contribution is 5.77. The molecule has 0 unspecified atom stereocenters. The summed E-state index contributed by atoms with van der Waals surface area (Å²) in [6.45, 7) is 1.58. The van der Waals surface area contributed by atoms with Crippen molar-refractivity contribution in [3.63, 3.8) is 0 Å². The summed E-state index contributed by atoms with van der Waals surface area (Å²) < 4.78 is 0. The van der Waals surface area contributed by atoms with Crippen LogP contribution in [-0.4, -0.2) is 27.3 Å². The number of imidazole rings is 1. The molecular weight excluding hydrogens is 298 g/mol. The summed E-state index contributed by atoms with van der Waals surface area (Å²) in [5.74, 6) is 1.22. The Morgan fingerprint density at radius 1 is 1.08 bits per heavy atom. The van der Waals surface area contributed by atoms with E-state index in [1.165, 1.54) is 11.1 Å². The van der Waals surface area contributed by atoms with Gasteiger partial charge >= 0.3 is 0 Å². The Kier molecular flexibility index (Phi) is 4.03. The van der Waals surface area contributed by atoms with Crippen LogP contribution in [0.3, 0.4) is 0 Å². The first kappa shape index (κ1) is 14.9. The van der Waals surface area contributed by atoms with E-state index >= 15 is 0 Å². The van der Waals surface area contributed by atoms with Crippen molar-refractivity contribution in [1.82, 2.24) is 14.9 Å². The van der Waals surface area contributed by atoms with Crippen molar-refractivity contribution >= 4 is 16.9 Å². The fourth-order valence-electron chi connectivity index (χ4n) is 3.40. The number of aromatic nitrogens is 2. The van der Waals surface area contributed by atoms with Gasteiger partial charge in [0.05, 0.1) is 11.0 Å². The first-order valence-electron chi connectivity index (χ1n) is 8.58. The number of carbonyl (C=O) groups is 1. The molecule has 2 aromatic carbocycles. The molecule has 0 radical (unpaired) electrons. The number of rotatable bonds is 4. The van der Waals surface area contributed by atoms with Crippen molar-refractivity contribution in [3.8, 4) is 0 Å². The van der Waals surface area contributed by atoms with Gasteiger partial charge in [-0.05, 0) is 36.1 Å². The predicted molar refractivity (Wildman–Crippen MR) is 94.6 cm³/mol. The Morgan fingerprint density at radius 2 is 1.88 bits per heavy atom. The highest BCUT2D eigenvalue weighted by atomic mass is 16.2. The third-order valence-corrected chi connectivity index (χ3v) is 4.73. The number of aromatic amines is 1. The van der Waals surface area contributed by atoms with Gasteiger partial charge in [-0.3, -0.25) is 4.79 Å². The van der Waals surface area contributed by atoms with E-state index in [2.05, 4.69) is 28.2 Å². The van der Waals surface area contributed by atoms with Gasteiger partial charge in [0.1, 0.15) is 5.82 Å². The molecule has 24 heavy (non-hydrogen) atoms. The lowest BCUT2D eigenvalue weighted by atomic mass is 9.99. The van der Waals surface area contributed by atoms with Crippen LogP contribution in [0.4, 0.5) is 0 Å². The predicted octanol–water partition coefficient (Wildman–Crippen LogP) is 3.47. The van der Waals surface area contributed by atoms with E-state index in [-0.39, 0.29) is 5.91 Å². The van der Waals surface area contributed by atoms with Crippen molar-refractivity contribution in [2.75, 3.05) is 6.54 Å². The van der Waals surface area contributed by atoms with Gasteiger partial charge in [-0.15, -0.1) is 0 Å². The number of benzene rings is 2. The molecule has 1 aliphatic heterocycles. The van der Waals surface area contributed by atoms with Gasteiger partial charge < -0.3 is 9.88 Å². The second kappa shape index (κ2) is 6.48. The summed E-state index contributed by atoms with van der Waals surface area (Å²) in [6, 6.07) is 16.4. The summed E-state index contributed by atoms with van der Waals surface area (Å²) in [4.78, 5) is 22.3. The number of amides is 1. The maximum Gasteiger partial charge on any atom is 0.222 e. The lowest BCUT2D eigenvalue weighted by Crippen LogP contribution is -2.35. The van der Waals surface area contributed by atoms with Crippen LogP contribution in [0, 0.1) is 0 Å². The molecule has 4 nitrogen and oxygen atoms in total. The third kappa shape index (κ3) is 3.04. The number of para-hydroxylation sites is 2. The van der Waals surface area contributed by atoms with Gasteiger partial charge in [-0.2, -0.15) is 0 Å². The monoisotopic (exact) mass is 319 g/mol. The Labute approximate surface area is 141 Å². The fourth-order valence-corrected chi connectivity index (χ4v) is 3.40. The topological polar surface area (TPSA) is 49.0 Å². The Bertz CT molecular complexity index is 835. The average molecular weight is 319 g/mol. The van der Waals surface area contributed by atoms with E-state index < -0.39 is 0 Å². The smallest absolute Gasteiger partial charge is 0.222 e. The first-order valence-corrected chi connectivity index (χ1v) is 8.58. The molecule has 4 heteroatoms. The molecule has 3 aromatic rings. The maximum atomic E-state index is 12.5. The summed E-state index contributed by atoms with van der Waals surface area (Å²) in [7, 11) is 0. The fraction of sp³-hybridized carbons (Fsp3) is 0.300. The van der Waals surface area contributed by atoms with Crippen LogP contribution < -0.4 is 0 Å². The number of hydrogen-bond acceptors (Lipinski definition) is 2. The van der Waals surface area contributed by atoms with Gasteiger partial charge in [-0.1, -0.05) is 36.4 Å². The zero-order valence-corrected chi connectivity index (χ0v) is 13.7. The molecule has 0 aliphatic carbocycles. The maximum absolute atomic E-state index is 12.5. The van der Waals surface area contributed by atoms with Crippen LogP contribution in [0.1, 0.15) is 29.8 Å². The number of fused-ring (bicyclic) bond motifs is 2. The van der Waals surface area contributed by atoms with Crippen LogP contribution in [0.15, 0.2) is 48.5 Å². The number of nitrogens with zero attached hydrogens (tertiary/aromatic N) is 2. The Hall–Kier alpha value is -2.62. The highest BCUT2D eigenvalue weighted by Gasteiger charge is 2.19. The Morgan fingerprint density at radius 3 is 2.75 bits per heavy atom. The van der Waals surface area contributed by atoms with E-state index in [1.54, 1.807) is 0 Å². The van der Waals surface area contributed by atoms with Crippen molar-refractivity contribution in [1.29, 1.82) is 0 Å². The largest absolute Gasteiger partial charge is 0.342 e. The second-order valence-corrected chi connectivity index (χ2v) is 6.39. The van der Waals surface area contributed by atoms with Crippen molar-refractivity contribution in [2.24, 2.45) is 0 Å². The zero-order chi connectivity index (χ0) is 16.4. The minimum Gasteiger partial charge on any atom is -0.342 e.